The summed E-state index contributed by atoms with van der Waals surface area (Å²) in [5.74, 6) is -2.51. The molecule has 0 unspecified atom stereocenters. The van der Waals surface area contributed by atoms with Crippen molar-refractivity contribution in [1.29, 1.82) is 0 Å². The SMILES string of the molecule is CCc1nc(CS(=O)(=O)CC(=O)O)no1. The van der Waals surface area contributed by atoms with Gasteiger partial charge in [-0.3, -0.25) is 4.79 Å². The standard InChI is InChI=1S/C7H10N2O5S/c1-2-6-8-5(9-14-6)3-15(12,13)4-7(10)11/h2-4H2,1H3,(H,10,11). The van der Waals surface area contributed by atoms with Crippen molar-refractivity contribution < 1.29 is 22.8 Å². The van der Waals surface area contributed by atoms with Crippen LogP contribution in [0.5, 0.6) is 0 Å². The highest BCUT2D eigenvalue weighted by Gasteiger charge is 2.19. The van der Waals surface area contributed by atoms with Crippen molar-refractivity contribution >= 4 is 15.8 Å². The normalized spacial score (nSPS) is 11.5. The molecule has 0 aromatic carbocycles. The van der Waals surface area contributed by atoms with Gasteiger partial charge in [-0.15, -0.1) is 0 Å². The second-order valence-corrected chi connectivity index (χ2v) is 4.95. The Bertz CT molecular complexity index is 450. The van der Waals surface area contributed by atoms with Crippen molar-refractivity contribution in [2.24, 2.45) is 0 Å². The number of rotatable bonds is 5. The molecule has 0 spiro atoms. The van der Waals surface area contributed by atoms with Crippen LogP contribution in [0.4, 0.5) is 0 Å². The Morgan fingerprint density at radius 3 is 2.67 bits per heavy atom. The molecule has 0 aliphatic carbocycles. The van der Waals surface area contributed by atoms with Gasteiger partial charge < -0.3 is 9.63 Å². The third-order valence-electron chi connectivity index (χ3n) is 1.51. The van der Waals surface area contributed by atoms with E-state index in [-0.39, 0.29) is 5.82 Å². The fraction of sp³-hybridized carbons (Fsp3) is 0.571. The van der Waals surface area contributed by atoms with Crippen molar-refractivity contribution in [2.75, 3.05) is 5.75 Å². The zero-order valence-corrected chi connectivity index (χ0v) is 8.82. The number of carboxylic acids is 1. The van der Waals surface area contributed by atoms with Gasteiger partial charge in [0.25, 0.3) is 0 Å². The second-order valence-electron chi connectivity index (χ2n) is 2.88. The second kappa shape index (κ2) is 4.39. The van der Waals surface area contributed by atoms with Crippen LogP contribution >= 0.6 is 0 Å². The van der Waals surface area contributed by atoms with Crippen molar-refractivity contribution in [1.82, 2.24) is 10.1 Å². The predicted octanol–water partition coefficient (Wildman–Crippen LogP) is -0.369. The number of aryl methyl sites for hydroxylation is 1. The number of sulfone groups is 1. The monoisotopic (exact) mass is 234 g/mol. The summed E-state index contributed by atoms with van der Waals surface area (Å²) in [5, 5.41) is 11.8. The van der Waals surface area contributed by atoms with Crippen LogP contribution in [0.15, 0.2) is 4.52 Å². The number of carboxylic acid groups (broad SMARTS) is 1. The average molecular weight is 234 g/mol. The van der Waals surface area contributed by atoms with E-state index in [2.05, 4.69) is 10.1 Å². The minimum Gasteiger partial charge on any atom is -0.480 e. The zero-order valence-electron chi connectivity index (χ0n) is 8.00. The summed E-state index contributed by atoms with van der Waals surface area (Å²) in [6, 6.07) is 0. The number of hydrogen-bond acceptors (Lipinski definition) is 6. The highest BCUT2D eigenvalue weighted by molar-refractivity contribution is 7.91. The lowest BCUT2D eigenvalue weighted by molar-refractivity contribution is -0.134. The Labute approximate surface area is 86.0 Å². The van der Waals surface area contributed by atoms with Gasteiger partial charge in [0.15, 0.2) is 15.7 Å². The van der Waals surface area contributed by atoms with E-state index in [4.69, 9.17) is 9.63 Å². The molecule has 84 valence electrons. The van der Waals surface area contributed by atoms with Gasteiger partial charge in [-0.2, -0.15) is 4.98 Å². The highest BCUT2D eigenvalue weighted by Crippen LogP contribution is 2.04. The summed E-state index contributed by atoms with van der Waals surface area (Å²) in [4.78, 5) is 14.0. The molecule has 0 radical (unpaired) electrons. The molecule has 1 aromatic rings. The first-order valence-corrected chi connectivity index (χ1v) is 5.99. The molecule has 8 heteroatoms. The molecular weight excluding hydrogens is 224 g/mol. The lowest BCUT2D eigenvalue weighted by Crippen LogP contribution is -2.17. The first-order chi connectivity index (χ1) is 6.93. The average Bonchev–Trinajstić information content (AvgIpc) is 2.48. The molecule has 1 N–H and O–H groups in total. The van der Waals surface area contributed by atoms with Gasteiger partial charge in [0.1, 0.15) is 11.5 Å². The van der Waals surface area contributed by atoms with E-state index in [1.165, 1.54) is 0 Å². The van der Waals surface area contributed by atoms with E-state index in [1.807, 2.05) is 0 Å². The van der Waals surface area contributed by atoms with Gasteiger partial charge in [0.05, 0.1) is 0 Å². The maximum absolute atomic E-state index is 11.2. The number of aliphatic carboxylic acids is 1. The summed E-state index contributed by atoms with van der Waals surface area (Å²) in [5.41, 5.74) is 0. The zero-order chi connectivity index (χ0) is 11.5. The van der Waals surface area contributed by atoms with E-state index in [0.29, 0.717) is 12.3 Å². The van der Waals surface area contributed by atoms with Gasteiger partial charge >= 0.3 is 5.97 Å². The molecule has 0 saturated carbocycles. The summed E-state index contributed by atoms with van der Waals surface area (Å²) < 4.78 is 27.1. The molecule has 0 saturated heterocycles. The molecule has 0 amide bonds. The van der Waals surface area contributed by atoms with E-state index in [0.717, 1.165) is 0 Å². The number of nitrogens with zero attached hydrogens (tertiary/aromatic N) is 2. The molecule has 1 rings (SSSR count). The molecule has 1 aromatic heterocycles. The van der Waals surface area contributed by atoms with Gasteiger partial charge in [0, 0.05) is 6.42 Å². The lowest BCUT2D eigenvalue weighted by atomic mass is 10.5. The van der Waals surface area contributed by atoms with Crippen LogP contribution in [0.2, 0.25) is 0 Å². The topological polar surface area (TPSA) is 110 Å². The maximum Gasteiger partial charge on any atom is 0.318 e. The largest absolute Gasteiger partial charge is 0.480 e. The van der Waals surface area contributed by atoms with Crippen LogP contribution in [0.1, 0.15) is 18.6 Å². The molecular formula is C7H10N2O5S. The van der Waals surface area contributed by atoms with Crippen LogP contribution < -0.4 is 0 Å². The van der Waals surface area contributed by atoms with Crippen LogP contribution in [-0.2, 0) is 26.8 Å². The third-order valence-corrected chi connectivity index (χ3v) is 2.89. The summed E-state index contributed by atoms with van der Waals surface area (Å²) in [6.07, 6.45) is 0.506. The molecule has 1 heterocycles. The molecule has 0 fully saturated rings. The first kappa shape index (κ1) is 11.6. The van der Waals surface area contributed by atoms with Crippen LogP contribution in [0.25, 0.3) is 0 Å². The molecule has 0 atom stereocenters. The van der Waals surface area contributed by atoms with E-state index in [1.54, 1.807) is 6.92 Å². The van der Waals surface area contributed by atoms with Gasteiger partial charge in [-0.05, 0) is 0 Å². The van der Waals surface area contributed by atoms with Gasteiger partial charge in [-0.25, -0.2) is 8.42 Å². The Morgan fingerprint density at radius 2 is 2.20 bits per heavy atom. The van der Waals surface area contributed by atoms with Crippen LogP contribution in [0.3, 0.4) is 0 Å². The van der Waals surface area contributed by atoms with Gasteiger partial charge in [0.2, 0.25) is 5.89 Å². The predicted molar refractivity (Wildman–Crippen MR) is 48.8 cm³/mol. The van der Waals surface area contributed by atoms with Crippen molar-refractivity contribution in [3.8, 4) is 0 Å². The molecule has 15 heavy (non-hydrogen) atoms. The minimum atomic E-state index is -3.71. The molecule has 0 aliphatic heterocycles. The van der Waals surface area contributed by atoms with Crippen molar-refractivity contribution in [3.05, 3.63) is 11.7 Å². The van der Waals surface area contributed by atoms with Gasteiger partial charge in [-0.1, -0.05) is 12.1 Å². The quantitative estimate of drug-likeness (QED) is 0.739. The Balaban J connectivity index is 2.73. The van der Waals surface area contributed by atoms with Crippen LogP contribution in [0, 0.1) is 0 Å². The number of aromatic nitrogens is 2. The van der Waals surface area contributed by atoms with Crippen LogP contribution in [-0.4, -0.2) is 35.4 Å². The van der Waals surface area contributed by atoms with E-state index >= 15 is 0 Å². The Morgan fingerprint density at radius 1 is 1.53 bits per heavy atom. The maximum atomic E-state index is 11.2. The molecule has 0 aliphatic rings. The fourth-order valence-corrected chi connectivity index (χ4v) is 1.92. The first-order valence-electron chi connectivity index (χ1n) is 4.16. The van der Waals surface area contributed by atoms with E-state index < -0.39 is 27.3 Å². The van der Waals surface area contributed by atoms with Crippen molar-refractivity contribution in [3.63, 3.8) is 0 Å². The van der Waals surface area contributed by atoms with E-state index in [9.17, 15) is 13.2 Å². The minimum absolute atomic E-state index is 0.00639. The summed E-state index contributed by atoms with van der Waals surface area (Å²) in [7, 11) is -3.71. The summed E-state index contributed by atoms with van der Waals surface area (Å²) in [6.45, 7) is 1.78. The fourth-order valence-electron chi connectivity index (χ4n) is 0.928. The molecule has 0 bridgehead atoms. The number of hydrogen-bond donors (Lipinski definition) is 1. The number of carbonyl (C=O) groups is 1. The smallest absolute Gasteiger partial charge is 0.318 e. The van der Waals surface area contributed by atoms with Crippen molar-refractivity contribution in [2.45, 2.75) is 19.1 Å². The Hall–Kier alpha value is -1.44. The molecule has 7 nitrogen and oxygen atoms in total. The third kappa shape index (κ3) is 3.66. The lowest BCUT2D eigenvalue weighted by Gasteiger charge is -1.95. The Kier molecular flexibility index (Phi) is 3.40. The highest BCUT2D eigenvalue weighted by atomic mass is 32.2. The summed E-state index contributed by atoms with van der Waals surface area (Å²) >= 11 is 0.